The molecule has 0 aliphatic rings. The number of amides is 2. The Bertz CT molecular complexity index is 1350. The second kappa shape index (κ2) is 11.4. The Balaban J connectivity index is 1.24. The van der Waals surface area contributed by atoms with E-state index in [0.29, 0.717) is 29.3 Å². The molecule has 8 nitrogen and oxygen atoms in total. The molecule has 0 saturated carbocycles. The molecule has 4 rings (SSSR count). The van der Waals surface area contributed by atoms with E-state index >= 15 is 0 Å². The molecule has 178 valence electrons. The number of aromatic nitrogens is 2. The highest BCUT2D eigenvalue weighted by Crippen LogP contribution is 2.17. The van der Waals surface area contributed by atoms with Gasteiger partial charge in [-0.3, -0.25) is 14.0 Å². The van der Waals surface area contributed by atoms with E-state index in [1.807, 2.05) is 42.5 Å². The smallest absolute Gasteiger partial charge is 0.290 e. The molecule has 0 aliphatic carbocycles. The number of hydrogen-bond acceptors (Lipinski definition) is 5. The highest BCUT2D eigenvalue weighted by Gasteiger charge is 2.16. The quantitative estimate of drug-likeness (QED) is 0.252. The van der Waals surface area contributed by atoms with Crippen LogP contribution in [0, 0.1) is 6.92 Å². The zero-order chi connectivity index (χ0) is 24.6. The maximum absolute atomic E-state index is 12.6. The molecule has 2 amide bonds. The number of fused-ring (bicyclic) bond motifs is 1. The summed E-state index contributed by atoms with van der Waals surface area (Å²) in [6.07, 6.45) is 4.09. The monoisotopic (exact) mass is 533 g/mol. The summed E-state index contributed by atoms with van der Waals surface area (Å²) in [5.74, 6) is 0.0305. The highest BCUT2D eigenvalue weighted by atomic mass is 79.9. The van der Waals surface area contributed by atoms with Gasteiger partial charge in [-0.15, -0.1) is 0 Å². The first-order valence-electron chi connectivity index (χ1n) is 11.0. The van der Waals surface area contributed by atoms with Crippen LogP contribution in [0.3, 0.4) is 0 Å². The average Bonchev–Trinajstić information content (AvgIpc) is 3.19. The van der Waals surface area contributed by atoms with Crippen LogP contribution >= 0.6 is 15.9 Å². The number of ether oxygens (including phenoxy) is 1. The molecule has 9 heteroatoms. The largest absolute Gasteiger partial charge is 0.484 e. The van der Waals surface area contributed by atoms with E-state index in [1.165, 1.54) is 11.8 Å². The predicted molar refractivity (Wildman–Crippen MR) is 138 cm³/mol. The lowest BCUT2D eigenvalue weighted by molar-refractivity contribution is -0.123. The summed E-state index contributed by atoms with van der Waals surface area (Å²) in [5.41, 5.74) is 6.19. The Morgan fingerprint density at radius 1 is 1.09 bits per heavy atom. The maximum atomic E-state index is 12.6. The molecule has 0 bridgehead atoms. The van der Waals surface area contributed by atoms with Gasteiger partial charge >= 0.3 is 0 Å². The van der Waals surface area contributed by atoms with Gasteiger partial charge in [-0.1, -0.05) is 30.3 Å². The zero-order valence-electron chi connectivity index (χ0n) is 19.1. The van der Waals surface area contributed by atoms with Gasteiger partial charge in [0.25, 0.3) is 11.8 Å². The van der Waals surface area contributed by atoms with E-state index in [0.717, 1.165) is 16.5 Å². The Morgan fingerprint density at radius 2 is 1.86 bits per heavy atom. The van der Waals surface area contributed by atoms with Crippen LogP contribution in [0.15, 0.2) is 82.5 Å². The van der Waals surface area contributed by atoms with E-state index in [2.05, 4.69) is 36.8 Å². The summed E-state index contributed by atoms with van der Waals surface area (Å²) in [4.78, 5) is 29.0. The predicted octanol–water partition coefficient (Wildman–Crippen LogP) is 3.91. The lowest BCUT2D eigenvalue weighted by Gasteiger charge is -2.08. The molecular formula is C26H24BrN5O3. The third-order valence-electron chi connectivity index (χ3n) is 5.18. The van der Waals surface area contributed by atoms with Gasteiger partial charge in [0, 0.05) is 17.2 Å². The van der Waals surface area contributed by atoms with Gasteiger partial charge in [0.1, 0.15) is 17.1 Å². The molecule has 2 heterocycles. The summed E-state index contributed by atoms with van der Waals surface area (Å²) in [6.45, 7) is 2.27. The lowest BCUT2D eigenvalue weighted by atomic mass is 10.1. The van der Waals surface area contributed by atoms with Crippen LogP contribution in [0.4, 0.5) is 0 Å². The van der Waals surface area contributed by atoms with Gasteiger partial charge in [0.05, 0.1) is 11.9 Å². The van der Waals surface area contributed by atoms with Crippen LogP contribution in [-0.4, -0.2) is 40.6 Å². The molecule has 4 aromatic rings. The molecule has 0 unspecified atom stereocenters. The molecule has 0 aliphatic heterocycles. The van der Waals surface area contributed by atoms with Gasteiger partial charge in [-0.05, 0) is 76.8 Å². The molecule has 2 aromatic carbocycles. The second-order valence-electron chi connectivity index (χ2n) is 7.76. The van der Waals surface area contributed by atoms with Crippen LogP contribution in [0.1, 0.15) is 27.3 Å². The van der Waals surface area contributed by atoms with Crippen LogP contribution in [0.25, 0.3) is 5.65 Å². The van der Waals surface area contributed by atoms with Crippen molar-refractivity contribution < 1.29 is 14.3 Å². The molecule has 0 atom stereocenters. The fourth-order valence-corrected chi connectivity index (χ4v) is 3.81. The Hall–Kier alpha value is -3.98. The molecule has 0 fully saturated rings. The summed E-state index contributed by atoms with van der Waals surface area (Å²) in [6, 6.07) is 20.7. The third-order valence-corrected chi connectivity index (χ3v) is 5.65. The number of halogens is 1. The summed E-state index contributed by atoms with van der Waals surface area (Å²) < 4.78 is 8.10. The van der Waals surface area contributed by atoms with Crippen molar-refractivity contribution >= 4 is 39.6 Å². The van der Waals surface area contributed by atoms with E-state index in [9.17, 15) is 9.59 Å². The van der Waals surface area contributed by atoms with Gasteiger partial charge in [-0.2, -0.15) is 5.10 Å². The van der Waals surface area contributed by atoms with Gasteiger partial charge in [0.2, 0.25) is 0 Å². The Kier molecular flexibility index (Phi) is 7.89. The van der Waals surface area contributed by atoms with E-state index in [4.69, 9.17) is 4.74 Å². The van der Waals surface area contributed by atoms with E-state index in [1.54, 1.807) is 41.8 Å². The average molecular weight is 534 g/mol. The number of aryl methyl sites for hydroxylation is 1. The van der Waals surface area contributed by atoms with Crippen molar-refractivity contribution in [3.8, 4) is 5.75 Å². The van der Waals surface area contributed by atoms with Crippen molar-refractivity contribution in [2.24, 2.45) is 5.10 Å². The molecule has 0 spiro atoms. The number of imidazole rings is 1. The highest BCUT2D eigenvalue weighted by molar-refractivity contribution is 9.10. The Labute approximate surface area is 211 Å². The first-order chi connectivity index (χ1) is 17.0. The van der Waals surface area contributed by atoms with Crippen LogP contribution < -0.4 is 15.5 Å². The SMILES string of the molecule is Cc1nc2ccc(Br)cn2c1C(=O)N/N=C\c1ccc(OCC(=O)NCCc2ccccc2)cc1. The number of nitrogens with zero attached hydrogens (tertiary/aromatic N) is 3. The topological polar surface area (TPSA) is 97.1 Å². The fraction of sp³-hybridized carbons (Fsp3) is 0.154. The number of pyridine rings is 1. The number of nitrogens with one attached hydrogen (secondary N) is 2. The maximum Gasteiger partial charge on any atom is 0.290 e. The van der Waals surface area contributed by atoms with Crippen LogP contribution in [-0.2, 0) is 11.2 Å². The van der Waals surface area contributed by atoms with Crippen LogP contribution in [0.5, 0.6) is 5.75 Å². The third kappa shape index (κ3) is 6.54. The van der Waals surface area contributed by atoms with Gasteiger partial charge in [0.15, 0.2) is 6.61 Å². The summed E-state index contributed by atoms with van der Waals surface area (Å²) in [5, 5.41) is 6.89. The number of rotatable bonds is 9. The molecule has 2 N–H and O–H groups in total. The summed E-state index contributed by atoms with van der Waals surface area (Å²) >= 11 is 3.41. The van der Waals surface area contributed by atoms with Gasteiger partial charge in [-0.25, -0.2) is 10.4 Å². The molecule has 35 heavy (non-hydrogen) atoms. The van der Waals surface area contributed by atoms with Crippen LogP contribution in [0.2, 0.25) is 0 Å². The molecule has 0 saturated heterocycles. The van der Waals surface area contributed by atoms with Crippen molar-refractivity contribution in [1.29, 1.82) is 0 Å². The van der Waals surface area contributed by atoms with E-state index in [-0.39, 0.29) is 18.4 Å². The number of hydrogen-bond donors (Lipinski definition) is 2. The molecular weight excluding hydrogens is 510 g/mol. The first-order valence-corrected chi connectivity index (χ1v) is 11.8. The number of carbonyl (C=O) groups is 2. The number of carbonyl (C=O) groups excluding carboxylic acids is 2. The number of benzene rings is 2. The Morgan fingerprint density at radius 3 is 2.63 bits per heavy atom. The standard InChI is InChI=1S/C26H24BrN5O3/c1-18-25(32-16-21(27)9-12-23(32)30-18)26(34)31-29-15-20-7-10-22(11-8-20)35-17-24(33)28-14-13-19-5-3-2-4-6-19/h2-12,15-16H,13-14,17H2,1H3,(H,28,33)(H,31,34)/b29-15-. The normalized spacial score (nSPS) is 11.0. The minimum Gasteiger partial charge on any atom is -0.484 e. The molecule has 2 aromatic heterocycles. The van der Waals surface area contributed by atoms with Crippen molar-refractivity contribution in [1.82, 2.24) is 20.1 Å². The first kappa shape index (κ1) is 24.2. The minimum atomic E-state index is -0.359. The van der Waals surface area contributed by atoms with E-state index < -0.39 is 0 Å². The number of hydrazone groups is 1. The minimum absolute atomic E-state index is 0.0624. The van der Waals surface area contributed by atoms with Gasteiger partial charge < -0.3 is 10.1 Å². The summed E-state index contributed by atoms with van der Waals surface area (Å²) in [7, 11) is 0. The lowest BCUT2D eigenvalue weighted by Crippen LogP contribution is -2.30. The van der Waals surface area contributed by atoms with Crippen molar-refractivity contribution in [3.63, 3.8) is 0 Å². The second-order valence-corrected chi connectivity index (χ2v) is 8.68. The fourth-order valence-electron chi connectivity index (χ4n) is 3.47. The van der Waals surface area contributed by atoms with Crippen molar-refractivity contribution in [2.45, 2.75) is 13.3 Å². The van der Waals surface area contributed by atoms with Crippen molar-refractivity contribution in [3.05, 3.63) is 99.9 Å². The zero-order valence-corrected chi connectivity index (χ0v) is 20.7. The molecule has 0 radical (unpaired) electrons. The van der Waals surface area contributed by atoms with Crippen molar-refractivity contribution in [2.75, 3.05) is 13.2 Å².